The van der Waals surface area contributed by atoms with Crippen LogP contribution in [0.1, 0.15) is 48.4 Å². The zero-order valence-electron chi connectivity index (χ0n) is 16.4. The van der Waals surface area contributed by atoms with E-state index in [0.29, 0.717) is 0 Å². The minimum atomic E-state index is -1.11. The number of hydrogen-bond donors (Lipinski definition) is 1. The monoisotopic (exact) mass is 391 g/mol. The van der Waals surface area contributed by atoms with Gasteiger partial charge in [-0.25, -0.2) is 8.78 Å². The lowest BCUT2D eigenvalue weighted by Gasteiger charge is -2.31. The van der Waals surface area contributed by atoms with Gasteiger partial charge in [0.05, 0.1) is 5.56 Å². The number of halogens is 2. The molecule has 1 heterocycles. The van der Waals surface area contributed by atoms with E-state index in [2.05, 4.69) is 5.32 Å². The predicted octanol–water partition coefficient (Wildman–Crippen LogP) is 3.17. The summed E-state index contributed by atoms with van der Waals surface area (Å²) in [6, 6.07) is 4.06. The van der Waals surface area contributed by atoms with Crippen LogP contribution >= 0.6 is 0 Å². The third-order valence-electron chi connectivity index (χ3n) is 4.22. The number of benzene rings is 1. The van der Waals surface area contributed by atoms with Crippen LogP contribution in [0.5, 0.6) is 0 Å². The van der Waals surface area contributed by atoms with E-state index in [-0.39, 0.29) is 29.2 Å². The molecule has 0 saturated heterocycles. The van der Waals surface area contributed by atoms with Crippen molar-refractivity contribution in [3.05, 3.63) is 63.6 Å². The van der Waals surface area contributed by atoms with Crippen LogP contribution in [0.3, 0.4) is 0 Å². The molecule has 0 aliphatic heterocycles. The molecule has 150 valence electrons. The minimum absolute atomic E-state index is 0.0877. The second kappa shape index (κ2) is 8.33. The summed E-state index contributed by atoms with van der Waals surface area (Å²) in [5.74, 6) is -3.53. The first-order valence-corrected chi connectivity index (χ1v) is 8.83. The molecular weight excluding hydrogens is 368 g/mol. The zero-order chi connectivity index (χ0) is 21.2. The summed E-state index contributed by atoms with van der Waals surface area (Å²) < 4.78 is 28.8. The second-order valence-electron chi connectivity index (χ2n) is 7.01. The number of pyridine rings is 1. The van der Waals surface area contributed by atoms with Crippen LogP contribution in [0, 0.1) is 11.6 Å². The largest absolute Gasteiger partial charge is 0.334 e. The number of anilines is 1. The van der Waals surface area contributed by atoms with Crippen molar-refractivity contribution < 1.29 is 18.4 Å². The minimum Gasteiger partial charge on any atom is -0.334 e. The molecule has 28 heavy (non-hydrogen) atoms. The Morgan fingerprint density at radius 2 is 1.61 bits per heavy atom. The van der Waals surface area contributed by atoms with Crippen molar-refractivity contribution >= 4 is 17.5 Å². The smallest absolute Gasteiger partial charge is 0.274 e. The van der Waals surface area contributed by atoms with Gasteiger partial charge in [0.15, 0.2) is 0 Å². The van der Waals surface area contributed by atoms with E-state index in [4.69, 9.17) is 0 Å². The molecule has 0 aliphatic carbocycles. The van der Waals surface area contributed by atoms with Crippen molar-refractivity contribution in [1.29, 1.82) is 0 Å². The van der Waals surface area contributed by atoms with Crippen LogP contribution in [-0.2, 0) is 7.05 Å². The van der Waals surface area contributed by atoms with E-state index < -0.39 is 28.7 Å². The molecule has 1 aromatic heterocycles. The van der Waals surface area contributed by atoms with Crippen molar-refractivity contribution in [3.8, 4) is 0 Å². The highest BCUT2D eigenvalue weighted by molar-refractivity contribution is 6.05. The summed E-state index contributed by atoms with van der Waals surface area (Å²) in [6.07, 6.45) is 1.36. The first-order chi connectivity index (χ1) is 13.0. The molecule has 2 aromatic rings. The molecule has 8 heteroatoms. The van der Waals surface area contributed by atoms with Crippen LogP contribution in [0.25, 0.3) is 0 Å². The maximum absolute atomic E-state index is 13.8. The molecule has 1 aromatic carbocycles. The highest BCUT2D eigenvalue weighted by Crippen LogP contribution is 2.17. The summed E-state index contributed by atoms with van der Waals surface area (Å²) in [6.45, 7) is 7.46. The van der Waals surface area contributed by atoms with Gasteiger partial charge in [0.2, 0.25) is 0 Å². The average molecular weight is 391 g/mol. The van der Waals surface area contributed by atoms with Gasteiger partial charge >= 0.3 is 0 Å². The van der Waals surface area contributed by atoms with Crippen LogP contribution in [0.15, 0.2) is 35.3 Å². The number of carbonyl (C=O) groups is 2. The number of hydrogen-bond acceptors (Lipinski definition) is 3. The Hall–Kier alpha value is -3.03. The molecule has 2 amide bonds. The Kier molecular flexibility index (Phi) is 6.33. The molecule has 6 nitrogen and oxygen atoms in total. The Labute approximate surface area is 161 Å². The number of carbonyl (C=O) groups excluding carboxylic acids is 2. The van der Waals surface area contributed by atoms with Gasteiger partial charge in [0, 0.05) is 25.3 Å². The third kappa shape index (κ3) is 4.27. The molecule has 0 saturated carbocycles. The normalized spacial score (nSPS) is 11.0. The quantitative estimate of drug-likeness (QED) is 0.851. The molecule has 0 unspecified atom stereocenters. The van der Waals surface area contributed by atoms with Crippen LogP contribution < -0.4 is 10.9 Å². The summed E-state index contributed by atoms with van der Waals surface area (Å²) in [7, 11) is 1.42. The molecule has 0 radical (unpaired) electrons. The molecular formula is C20H23F2N3O3. The number of nitrogens with one attached hydrogen (secondary N) is 1. The van der Waals surface area contributed by atoms with Gasteiger partial charge in [-0.1, -0.05) is 6.07 Å². The maximum Gasteiger partial charge on any atom is 0.274 e. The van der Waals surface area contributed by atoms with Crippen LogP contribution in [-0.4, -0.2) is 33.4 Å². The van der Waals surface area contributed by atoms with E-state index in [9.17, 15) is 23.2 Å². The van der Waals surface area contributed by atoms with Crippen LogP contribution in [0.4, 0.5) is 14.5 Å². The van der Waals surface area contributed by atoms with Gasteiger partial charge in [-0.3, -0.25) is 14.4 Å². The van der Waals surface area contributed by atoms with Gasteiger partial charge in [-0.2, -0.15) is 0 Å². The molecule has 0 fully saturated rings. The standard InChI is InChI=1S/C20H23F2N3O3/c1-11(2)25(12(3)4)19(27)13-9-16(20(28)24(5)10-13)23-18(26)17-14(21)7-6-8-15(17)22/h6-12H,1-5H3,(H,23,26). The van der Waals surface area contributed by atoms with E-state index in [1.54, 1.807) is 4.90 Å². The number of amides is 2. The number of nitrogens with zero attached hydrogens (tertiary/aromatic N) is 2. The molecule has 0 aliphatic rings. The molecule has 0 bridgehead atoms. The summed E-state index contributed by atoms with van der Waals surface area (Å²) in [5.41, 5.74) is -1.48. The Morgan fingerprint density at radius 1 is 1.07 bits per heavy atom. The summed E-state index contributed by atoms with van der Waals surface area (Å²) in [4.78, 5) is 39.2. The molecule has 0 atom stereocenters. The first-order valence-electron chi connectivity index (χ1n) is 8.83. The first kappa shape index (κ1) is 21.3. The van der Waals surface area contributed by atoms with E-state index >= 15 is 0 Å². The summed E-state index contributed by atoms with van der Waals surface area (Å²) >= 11 is 0. The number of aromatic nitrogens is 1. The Balaban J connectivity index is 2.45. The number of aryl methyl sites for hydroxylation is 1. The topological polar surface area (TPSA) is 71.4 Å². The fourth-order valence-electron chi connectivity index (χ4n) is 3.03. The lowest BCUT2D eigenvalue weighted by Crippen LogP contribution is -2.42. The van der Waals surface area contributed by atoms with E-state index in [0.717, 1.165) is 22.8 Å². The fourth-order valence-corrected chi connectivity index (χ4v) is 3.03. The highest BCUT2D eigenvalue weighted by Gasteiger charge is 2.24. The van der Waals surface area contributed by atoms with Crippen molar-refractivity contribution in [2.24, 2.45) is 7.05 Å². The average Bonchev–Trinajstić information content (AvgIpc) is 2.57. The second-order valence-corrected chi connectivity index (χ2v) is 7.01. The SMILES string of the molecule is CC(C)N(C(=O)c1cc(NC(=O)c2c(F)cccc2F)c(=O)n(C)c1)C(C)C. The van der Waals surface area contributed by atoms with Crippen LogP contribution in [0.2, 0.25) is 0 Å². The zero-order valence-corrected chi connectivity index (χ0v) is 16.4. The molecule has 2 rings (SSSR count). The predicted molar refractivity (Wildman–Crippen MR) is 102 cm³/mol. The van der Waals surface area contributed by atoms with Gasteiger partial charge in [0.1, 0.15) is 22.9 Å². The van der Waals surface area contributed by atoms with Gasteiger partial charge < -0.3 is 14.8 Å². The van der Waals surface area contributed by atoms with Gasteiger partial charge in [-0.15, -0.1) is 0 Å². The van der Waals surface area contributed by atoms with E-state index in [1.807, 2.05) is 27.7 Å². The lowest BCUT2D eigenvalue weighted by atomic mass is 10.1. The van der Waals surface area contributed by atoms with Gasteiger partial charge in [0.25, 0.3) is 17.4 Å². The fraction of sp³-hybridized carbons (Fsp3) is 0.350. The molecule has 0 spiro atoms. The summed E-state index contributed by atoms with van der Waals surface area (Å²) in [5, 5.41) is 2.22. The number of rotatable bonds is 5. The maximum atomic E-state index is 13.8. The third-order valence-corrected chi connectivity index (χ3v) is 4.22. The van der Waals surface area contributed by atoms with Crippen molar-refractivity contribution in [3.63, 3.8) is 0 Å². The van der Waals surface area contributed by atoms with Gasteiger partial charge in [-0.05, 0) is 45.9 Å². The molecule has 1 N–H and O–H groups in total. The van der Waals surface area contributed by atoms with Crippen molar-refractivity contribution in [2.45, 2.75) is 39.8 Å². The van der Waals surface area contributed by atoms with Crippen molar-refractivity contribution in [1.82, 2.24) is 9.47 Å². The van der Waals surface area contributed by atoms with E-state index in [1.165, 1.54) is 19.3 Å². The highest BCUT2D eigenvalue weighted by atomic mass is 19.1. The van der Waals surface area contributed by atoms with Crippen molar-refractivity contribution in [2.75, 3.05) is 5.32 Å². The Morgan fingerprint density at radius 3 is 2.11 bits per heavy atom. The lowest BCUT2D eigenvalue weighted by molar-refractivity contribution is 0.0642. The Bertz CT molecular complexity index is 939.